The number of allylic oxidation sites excluding steroid dienone is 2. The number of anilines is 1. The van der Waals surface area contributed by atoms with E-state index in [9.17, 15) is 9.90 Å². The molecule has 158 valence electrons. The number of halogens is 1. The average molecular weight is 436 g/mol. The summed E-state index contributed by atoms with van der Waals surface area (Å²) in [5.41, 5.74) is 5.71. The standard InChI is InChI=1S/C23H22ClN5O2/c1-28(14-5-3-13(24)4-6-14)15-7-8-16-18(11-15)27-29(2)22(16)20-12-19-21(26-20)17(23(30)31)9-10-25-19/h3-6,9-12,16,22,26H,7-8H2,1-2H3,(H,30,31). The Morgan fingerprint density at radius 2 is 2.06 bits per heavy atom. The highest BCUT2D eigenvalue weighted by atomic mass is 35.5. The first kappa shape index (κ1) is 19.6. The second kappa shape index (κ2) is 7.42. The molecule has 7 nitrogen and oxygen atoms in total. The smallest absolute Gasteiger partial charge is 0.337 e. The first-order valence-corrected chi connectivity index (χ1v) is 10.5. The minimum absolute atomic E-state index is 0.0180. The molecule has 8 heteroatoms. The Morgan fingerprint density at radius 3 is 2.81 bits per heavy atom. The summed E-state index contributed by atoms with van der Waals surface area (Å²) in [6.07, 6.45) is 5.58. The Balaban J connectivity index is 1.44. The monoisotopic (exact) mass is 435 g/mol. The van der Waals surface area contributed by atoms with Crippen LogP contribution in [-0.2, 0) is 0 Å². The van der Waals surface area contributed by atoms with Crippen LogP contribution in [0, 0.1) is 5.92 Å². The number of hydrogen-bond acceptors (Lipinski definition) is 5. The summed E-state index contributed by atoms with van der Waals surface area (Å²) in [5, 5.41) is 17.0. The Hall–Kier alpha value is -3.32. The van der Waals surface area contributed by atoms with E-state index in [1.165, 1.54) is 18.0 Å². The van der Waals surface area contributed by atoms with E-state index in [1.54, 1.807) is 0 Å². The van der Waals surface area contributed by atoms with Crippen LogP contribution in [0.3, 0.4) is 0 Å². The third-order valence-corrected chi connectivity index (χ3v) is 6.45. The summed E-state index contributed by atoms with van der Waals surface area (Å²) in [7, 11) is 4.02. The van der Waals surface area contributed by atoms with Gasteiger partial charge in [-0.25, -0.2) is 4.79 Å². The molecule has 1 aliphatic heterocycles. The molecule has 1 aliphatic carbocycles. The Labute approximate surface area is 184 Å². The minimum atomic E-state index is -0.965. The number of fused-ring (bicyclic) bond motifs is 2. The molecule has 3 aromatic rings. The molecule has 0 amide bonds. The average Bonchev–Trinajstić information content (AvgIpc) is 3.32. The third-order valence-electron chi connectivity index (χ3n) is 6.20. The van der Waals surface area contributed by atoms with Crippen molar-refractivity contribution in [1.29, 1.82) is 0 Å². The number of aromatic amines is 1. The van der Waals surface area contributed by atoms with Gasteiger partial charge in [0, 0.05) is 48.3 Å². The number of carbonyl (C=O) groups is 1. The maximum atomic E-state index is 11.6. The van der Waals surface area contributed by atoms with Gasteiger partial charge in [0.05, 0.1) is 28.4 Å². The third kappa shape index (κ3) is 3.35. The fourth-order valence-corrected chi connectivity index (χ4v) is 4.75. The fourth-order valence-electron chi connectivity index (χ4n) is 4.63. The molecule has 2 unspecified atom stereocenters. The predicted octanol–water partition coefficient (Wildman–Crippen LogP) is 4.69. The number of aromatic nitrogens is 2. The molecule has 3 heterocycles. The molecule has 1 aromatic carbocycles. The number of H-pyrrole nitrogens is 1. The number of hydrazone groups is 1. The number of rotatable bonds is 4. The first-order valence-electron chi connectivity index (χ1n) is 10.1. The molecular formula is C23H22ClN5O2. The van der Waals surface area contributed by atoms with Gasteiger partial charge in [-0.2, -0.15) is 5.10 Å². The zero-order valence-corrected chi connectivity index (χ0v) is 18.0. The van der Waals surface area contributed by atoms with E-state index in [0.29, 0.717) is 11.0 Å². The van der Waals surface area contributed by atoms with Crippen molar-refractivity contribution >= 4 is 40.0 Å². The number of carboxylic acids is 1. The highest BCUT2D eigenvalue weighted by Crippen LogP contribution is 2.42. The van der Waals surface area contributed by atoms with Crippen LogP contribution in [0.15, 0.2) is 59.5 Å². The van der Waals surface area contributed by atoms with Crippen LogP contribution >= 0.6 is 11.6 Å². The molecule has 31 heavy (non-hydrogen) atoms. The van der Waals surface area contributed by atoms with Gasteiger partial charge in [-0.15, -0.1) is 0 Å². The van der Waals surface area contributed by atoms with Crippen molar-refractivity contribution in [2.24, 2.45) is 11.0 Å². The summed E-state index contributed by atoms with van der Waals surface area (Å²) < 4.78 is 0. The first-order chi connectivity index (χ1) is 14.9. The van der Waals surface area contributed by atoms with Gasteiger partial charge in [0.1, 0.15) is 0 Å². The topological polar surface area (TPSA) is 84.8 Å². The molecule has 0 fully saturated rings. The molecule has 2 aliphatic rings. The Kier molecular flexibility index (Phi) is 4.70. The molecule has 0 radical (unpaired) electrons. The lowest BCUT2D eigenvalue weighted by Crippen LogP contribution is -2.28. The molecule has 0 bridgehead atoms. The van der Waals surface area contributed by atoms with Crippen LogP contribution in [-0.4, -0.2) is 45.9 Å². The zero-order chi connectivity index (χ0) is 21.7. The Bertz CT molecular complexity index is 1230. The molecule has 2 N–H and O–H groups in total. The normalized spacial score (nSPS) is 20.4. The highest BCUT2D eigenvalue weighted by molar-refractivity contribution is 6.30. The number of carboxylic acid groups (broad SMARTS) is 1. The second-order valence-corrected chi connectivity index (χ2v) is 8.44. The molecule has 0 saturated heterocycles. The van der Waals surface area contributed by atoms with Crippen LogP contribution in [0.5, 0.6) is 0 Å². The van der Waals surface area contributed by atoms with Crippen LogP contribution in [0.2, 0.25) is 5.02 Å². The quantitative estimate of drug-likeness (QED) is 0.621. The summed E-state index contributed by atoms with van der Waals surface area (Å²) in [4.78, 5) is 21.4. The number of nitrogens with zero attached hydrogens (tertiary/aromatic N) is 4. The van der Waals surface area contributed by atoms with Gasteiger partial charge in [0.2, 0.25) is 0 Å². The summed E-state index contributed by atoms with van der Waals surface area (Å²) in [6.45, 7) is 0. The van der Waals surface area contributed by atoms with Gasteiger partial charge in [-0.05, 0) is 55.3 Å². The Morgan fingerprint density at radius 1 is 1.29 bits per heavy atom. The lowest BCUT2D eigenvalue weighted by Gasteiger charge is -2.30. The van der Waals surface area contributed by atoms with Gasteiger partial charge < -0.3 is 15.0 Å². The molecular weight excluding hydrogens is 414 g/mol. The number of pyridine rings is 1. The van der Waals surface area contributed by atoms with Gasteiger partial charge in [0.15, 0.2) is 0 Å². The second-order valence-electron chi connectivity index (χ2n) is 8.01. The van der Waals surface area contributed by atoms with Gasteiger partial charge in [0.25, 0.3) is 0 Å². The van der Waals surface area contributed by atoms with Crippen molar-refractivity contribution in [3.05, 3.63) is 70.6 Å². The largest absolute Gasteiger partial charge is 0.478 e. The van der Waals surface area contributed by atoms with E-state index in [1.807, 2.05) is 42.4 Å². The summed E-state index contributed by atoms with van der Waals surface area (Å²) in [6, 6.07) is 11.3. The van der Waals surface area contributed by atoms with Crippen molar-refractivity contribution in [3.8, 4) is 0 Å². The molecule has 5 rings (SSSR count). The van der Waals surface area contributed by atoms with E-state index in [4.69, 9.17) is 16.7 Å². The number of nitrogens with one attached hydrogen (secondary N) is 1. The molecule has 2 aromatic heterocycles. The number of aromatic carboxylic acids is 1. The number of benzene rings is 1. The molecule has 0 spiro atoms. The zero-order valence-electron chi connectivity index (χ0n) is 17.2. The van der Waals surface area contributed by atoms with Crippen LogP contribution < -0.4 is 4.90 Å². The predicted molar refractivity (Wildman–Crippen MR) is 122 cm³/mol. The van der Waals surface area contributed by atoms with Crippen LogP contribution in [0.1, 0.15) is 34.9 Å². The SMILES string of the molecule is CN(C1=CC2=NN(C)C(c3cc4nccc(C(=O)O)c4[nH]3)C2CC1)c1ccc(Cl)cc1. The number of hydrogen-bond donors (Lipinski definition) is 2. The van der Waals surface area contributed by atoms with Crippen LogP contribution in [0.25, 0.3) is 11.0 Å². The van der Waals surface area contributed by atoms with E-state index in [0.717, 1.165) is 35.0 Å². The van der Waals surface area contributed by atoms with E-state index < -0.39 is 5.97 Å². The fraction of sp³-hybridized carbons (Fsp3) is 0.261. The van der Waals surface area contributed by atoms with Gasteiger partial charge in [-0.3, -0.25) is 9.99 Å². The molecule has 2 atom stereocenters. The maximum absolute atomic E-state index is 11.6. The van der Waals surface area contributed by atoms with Gasteiger partial charge in [-0.1, -0.05) is 11.6 Å². The lowest BCUT2D eigenvalue weighted by atomic mass is 9.84. The van der Waals surface area contributed by atoms with Crippen molar-refractivity contribution in [2.45, 2.75) is 18.9 Å². The van der Waals surface area contributed by atoms with Crippen molar-refractivity contribution in [3.63, 3.8) is 0 Å². The van der Waals surface area contributed by atoms with Gasteiger partial charge >= 0.3 is 5.97 Å². The maximum Gasteiger partial charge on any atom is 0.337 e. The minimum Gasteiger partial charge on any atom is -0.478 e. The summed E-state index contributed by atoms with van der Waals surface area (Å²) >= 11 is 6.02. The lowest BCUT2D eigenvalue weighted by molar-refractivity contribution is 0.0698. The van der Waals surface area contributed by atoms with E-state index in [-0.39, 0.29) is 17.5 Å². The highest BCUT2D eigenvalue weighted by Gasteiger charge is 2.39. The van der Waals surface area contributed by atoms with E-state index in [2.05, 4.69) is 28.0 Å². The van der Waals surface area contributed by atoms with Crippen molar-refractivity contribution in [1.82, 2.24) is 15.0 Å². The van der Waals surface area contributed by atoms with Crippen molar-refractivity contribution in [2.75, 3.05) is 19.0 Å². The molecule has 0 saturated carbocycles. The summed E-state index contributed by atoms with van der Waals surface area (Å²) in [5.74, 6) is -0.735. The van der Waals surface area contributed by atoms with Crippen LogP contribution in [0.4, 0.5) is 5.69 Å². The van der Waals surface area contributed by atoms with E-state index >= 15 is 0 Å². The van der Waals surface area contributed by atoms with Crippen molar-refractivity contribution < 1.29 is 9.90 Å².